The number of rotatable bonds is 29. The number of morpholine rings is 1. The van der Waals surface area contributed by atoms with Gasteiger partial charge in [-0.15, -0.1) is 0 Å². The van der Waals surface area contributed by atoms with Crippen LogP contribution < -0.4 is 16.0 Å². The van der Waals surface area contributed by atoms with E-state index in [4.69, 9.17) is 72.7 Å². The van der Waals surface area contributed by atoms with Crippen molar-refractivity contribution in [2.75, 3.05) is 83.3 Å². The van der Waals surface area contributed by atoms with E-state index in [1.807, 2.05) is 35.8 Å². The lowest BCUT2D eigenvalue weighted by atomic mass is 10.1. The lowest BCUT2D eigenvalue weighted by Gasteiger charge is -2.32. The fraction of sp³-hybridized carbons (Fsp3) is 0.711. The molecule has 8 fully saturated rings. The summed E-state index contributed by atoms with van der Waals surface area (Å²) in [6, 6.07) is 35.3. The summed E-state index contributed by atoms with van der Waals surface area (Å²) >= 11 is 21.0. The molecule has 0 aliphatic carbocycles. The molecule has 14 atom stereocenters. The van der Waals surface area contributed by atoms with E-state index in [0.29, 0.717) is 88.3 Å². The minimum absolute atomic E-state index is 0.0480. The van der Waals surface area contributed by atoms with Crippen LogP contribution in [0.25, 0.3) is 22.3 Å². The van der Waals surface area contributed by atoms with Crippen molar-refractivity contribution in [1.29, 1.82) is 0 Å². The van der Waals surface area contributed by atoms with E-state index in [0.717, 1.165) is 64.8 Å². The lowest BCUT2D eigenvalue weighted by Crippen LogP contribution is -2.43. The van der Waals surface area contributed by atoms with E-state index in [1.54, 1.807) is 53.6 Å². The number of ether oxygens (including phenoxy) is 3. The third-order valence-electron chi connectivity index (χ3n) is 26.3. The van der Waals surface area contributed by atoms with Crippen LogP contribution >= 0.6 is 67.1 Å². The molecule has 2 aromatic carbocycles. The number of nitrogens with zero attached hydrogens (tertiary/aromatic N) is 12. The highest BCUT2D eigenvalue weighted by Gasteiger charge is 2.52. The number of fused-ring (bicyclic) bond motifs is 4. The average molecular weight is 1830 g/mol. The summed E-state index contributed by atoms with van der Waals surface area (Å²) < 4.78 is 45.9. The first kappa shape index (κ1) is 100. The third kappa shape index (κ3) is 27.8. The zero-order valence-electron chi connectivity index (χ0n) is 73.0. The first-order chi connectivity index (χ1) is 57.0. The zero-order valence-corrected chi connectivity index (χ0v) is 81.7. The van der Waals surface area contributed by atoms with Gasteiger partial charge < -0.3 is 63.7 Å². The minimum atomic E-state index is -1.31. The van der Waals surface area contributed by atoms with Crippen LogP contribution in [-0.2, 0) is 27.8 Å². The van der Waals surface area contributed by atoms with Crippen molar-refractivity contribution in [3.63, 3.8) is 0 Å². The van der Waals surface area contributed by atoms with Gasteiger partial charge in [0, 0.05) is 68.3 Å². The topological polar surface area (TPSA) is 266 Å². The van der Waals surface area contributed by atoms with Gasteiger partial charge in [-0.1, -0.05) is 221 Å². The summed E-state index contributed by atoms with van der Waals surface area (Å²) in [4.78, 5) is 56.0. The quantitative estimate of drug-likeness (QED) is 0.0216. The van der Waals surface area contributed by atoms with E-state index in [-0.39, 0.29) is 48.7 Å². The second-order valence-corrected chi connectivity index (χ2v) is 57.3. The summed E-state index contributed by atoms with van der Waals surface area (Å²) in [6.07, 6.45) is 15.6. The van der Waals surface area contributed by atoms with E-state index < -0.39 is 52.5 Å². The molecule has 0 bridgehead atoms. The van der Waals surface area contributed by atoms with E-state index in [2.05, 4.69) is 162 Å². The molecule has 2 amide bonds. The molecule has 0 radical (unpaired) electrons. The monoisotopic (exact) mass is 1820 g/mol. The molecule has 14 rings (SSSR count). The third-order valence-corrected chi connectivity index (χ3v) is 47.7. The summed E-state index contributed by atoms with van der Waals surface area (Å²) in [6.45, 7) is 42.8. The molecule has 35 heteroatoms. The number of halogens is 4. The van der Waals surface area contributed by atoms with Crippen molar-refractivity contribution in [2.24, 2.45) is 0 Å². The van der Waals surface area contributed by atoms with Gasteiger partial charge in [0.1, 0.15) is 25.1 Å². The molecule has 662 valence electrons. The Morgan fingerprint density at radius 3 is 1.46 bits per heavy atom. The first-order valence-corrected chi connectivity index (χ1v) is 59.8. The Labute approximate surface area is 730 Å². The molecular formula is C83H140Cl4N15O10P3Si3. The van der Waals surface area contributed by atoms with Gasteiger partial charge in [0.05, 0.1) is 92.8 Å². The number of imidazole rings is 2. The van der Waals surface area contributed by atoms with E-state index >= 15 is 0 Å². The maximum atomic E-state index is 12.8. The van der Waals surface area contributed by atoms with Crippen molar-refractivity contribution in [3.8, 4) is 0 Å². The van der Waals surface area contributed by atoms with Crippen molar-refractivity contribution in [2.45, 2.75) is 307 Å². The maximum Gasteiger partial charge on any atom is 0.259 e. The smallest absolute Gasteiger partial charge is 0.259 e. The number of hydrogen-bond acceptors (Lipinski definition) is 21. The number of carbonyl (C=O) groups excluding carboxylic acids is 2. The van der Waals surface area contributed by atoms with Crippen molar-refractivity contribution in [3.05, 3.63) is 97.1 Å². The number of carbonyl (C=O) groups is 2. The van der Waals surface area contributed by atoms with Gasteiger partial charge in [0.25, 0.3) is 20.3 Å². The molecule has 8 aliphatic heterocycles. The van der Waals surface area contributed by atoms with Crippen LogP contribution in [0.15, 0.2) is 86.0 Å². The van der Waals surface area contributed by atoms with Crippen molar-refractivity contribution >= 4 is 137 Å². The highest BCUT2D eigenvalue weighted by Crippen LogP contribution is 2.61. The van der Waals surface area contributed by atoms with Gasteiger partial charge in [0.2, 0.25) is 7.65 Å². The van der Waals surface area contributed by atoms with Crippen LogP contribution in [-0.4, -0.2) is 238 Å². The number of aromatic nitrogens is 8. The number of nitrogens with one attached hydrogen (secondary N) is 3. The van der Waals surface area contributed by atoms with E-state index in [9.17, 15) is 19.8 Å². The Balaban J connectivity index is 0.000000195. The second-order valence-electron chi connectivity index (χ2n) is 32.3. The standard InChI is InChI=1S/C30H43N6O4PSi.C18H19N5O3.C12H25ClNOPSi.C12H27NOSi.C6H15N.C5H11NO.Cl3P/c1-5-23-24(39-41-36-16-12-15-22(36)25(40-41)18-42(6-2,7-3)8-4)17-26(38-23)35-20-33-27-28(31-19-32-29(27)35)34-30(37)21-13-10-9-11-14-21;1-2-13-12(24)8-14(26-13)23-10-21-15-16(19-9-20-17(15)23)22-18(25)11-6-4-3-5-7-11;1-4-17(5-2,6-3)10-12-11-8-7-9-14(11)16(13)15-12;1-4-15(5-2,6-3)10-12(14)11-8-7-9-13-11;1-4-7(5-2)6-3;1-6-2-4-7-5-3-6;1-4(2)3/h9-11,13-14,19-20,22-26H,5-8,12,15-18H2,1-4H3,(H,31,32,34,37);3-7,9-10,12-14,24H,2,8H2,1H3,(H,19,20,22,25);11-12H,4-10H2,1-3H3;11-14H,4-10H2,1-3H3;4-6H2,1-3H3;2-5H2,1H3;/t22-,23+,24?,25+,26+,41?;12?,13-,14-;11-,12+,16?;11-,12+;;;/m0100.../s1. The van der Waals surface area contributed by atoms with Gasteiger partial charge >= 0.3 is 0 Å². The van der Waals surface area contributed by atoms with E-state index in [1.165, 1.54) is 137 Å². The lowest BCUT2D eigenvalue weighted by molar-refractivity contribution is -0.0183. The molecule has 0 saturated carbocycles. The van der Waals surface area contributed by atoms with Gasteiger partial charge in [0.15, 0.2) is 39.9 Å². The van der Waals surface area contributed by atoms with Crippen LogP contribution in [0.4, 0.5) is 11.6 Å². The summed E-state index contributed by atoms with van der Waals surface area (Å²) in [5.74, 6) is -0.988. The molecule has 118 heavy (non-hydrogen) atoms. The normalized spacial score (nSPS) is 25.4. The molecule has 8 aliphatic rings. The number of aliphatic hydroxyl groups excluding tert-OH is 2. The predicted octanol–water partition coefficient (Wildman–Crippen LogP) is 20.6. The molecule has 8 saturated heterocycles. The summed E-state index contributed by atoms with van der Waals surface area (Å²) in [7, 11) is -3.30. The molecule has 0 spiro atoms. The summed E-state index contributed by atoms with van der Waals surface area (Å²) in [5.41, 5.74) is 3.28. The van der Waals surface area contributed by atoms with Crippen LogP contribution in [0.2, 0.25) is 72.5 Å². The molecule has 6 aromatic rings. The van der Waals surface area contributed by atoms with Gasteiger partial charge in [-0.3, -0.25) is 18.7 Å². The highest BCUT2D eigenvalue weighted by molar-refractivity contribution is 8.20. The molecule has 4 unspecified atom stereocenters. The molecule has 25 nitrogen and oxygen atoms in total. The molecule has 12 heterocycles. The Bertz CT molecular complexity index is 3840. The number of amides is 2. The second kappa shape index (κ2) is 51.0. The van der Waals surface area contributed by atoms with Crippen LogP contribution in [0, 0.1) is 0 Å². The van der Waals surface area contributed by atoms with Gasteiger partial charge in [-0.05, 0) is 138 Å². The SMILES string of the molecule is CCN(CC)CC.CC[C@H]1O[C@@H](n2cnc3c(NC(=O)c4ccccc4)ncnc32)CC1O.CC[C@H]1O[C@@H](n2cnc3c(NC(=O)c4ccccc4)ncnc32)CC1OP1O[C@H](C[Si](CC)(CC)CC)[C@@H]2CCCN21.CC[Si](CC)(CC)C[C@@H](O)[C@@H]1CCCN1.CC[Si](CC)(CC)C[C@H]1OP(Cl)N2CCC[C@@H]12.CN1CCOCC1.ClP(Cl)Cl. The van der Waals surface area contributed by atoms with Gasteiger partial charge in [-0.25, -0.2) is 39.2 Å². The number of aliphatic hydroxyl groups is 2. The Hall–Kier alpha value is -2.94. The number of likely N-dealkylation sites (N-methyl/N-ethyl adjacent to an activating group) is 1. The Kier molecular flexibility index (Phi) is 43.4. The fourth-order valence-corrected chi connectivity index (χ4v) is 32.7. The number of benzene rings is 2. The Morgan fingerprint density at radius 1 is 0.593 bits per heavy atom. The highest BCUT2D eigenvalue weighted by atomic mass is 36.0. The van der Waals surface area contributed by atoms with Crippen LogP contribution in [0.1, 0.15) is 194 Å². The fourth-order valence-electron chi connectivity index (χ4n) is 17.5. The number of hydrogen-bond donors (Lipinski definition) is 5. The molecular weight excluding hydrogens is 1690 g/mol. The predicted molar refractivity (Wildman–Crippen MR) is 496 cm³/mol. The number of anilines is 2. The van der Waals surface area contributed by atoms with Crippen molar-refractivity contribution < 1.29 is 47.6 Å². The molecule has 5 N–H and O–H groups in total. The zero-order chi connectivity index (χ0) is 85.5. The first-order valence-electron chi connectivity index (χ1n) is 44.0. The van der Waals surface area contributed by atoms with Crippen LogP contribution in [0.5, 0.6) is 0 Å². The van der Waals surface area contributed by atoms with Gasteiger partial charge in [-0.2, -0.15) is 0 Å². The largest absolute Gasteiger partial charge is 0.392 e. The van der Waals surface area contributed by atoms with Crippen molar-refractivity contribution in [1.82, 2.24) is 63.5 Å². The summed E-state index contributed by atoms with van der Waals surface area (Å²) in [5, 5.41) is 29.4. The minimum Gasteiger partial charge on any atom is -0.392 e. The Morgan fingerprint density at radius 2 is 1.04 bits per heavy atom. The maximum absolute atomic E-state index is 12.8. The van der Waals surface area contributed by atoms with Crippen LogP contribution in [0.3, 0.4) is 0 Å². The average Bonchev–Trinajstić information content (AvgIpc) is 1.61. The molecule has 4 aromatic heterocycles.